The Morgan fingerprint density at radius 1 is 1.35 bits per heavy atom. The second-order valence-electron chi connectivity index (χ2n) is 4.38. The van der Waals surface area contributed by atoms with Gasteiger partial charge in [0.15, 0.2) is 0 Å². The largest absolute Gasteiger partial charge is 0.368 e. The summed E-state index contributed by atoms with van der Waals surface area (Å²) in [5.74, 6) is 1.06. The van der Waals surface area contributed by atoms with Crippen LogP contribution in [0.5, 0.6) is 0 Å². The molecule has 2 heterocycles. The number of hydrogen-bond donors (Lipinski definition) is 1. The summed E-state index contributed by atoms with van der Waals surface area (Å²) in [4.78, 5) is 4.56. The van der Waals surface area contributed by atoms with Crippen LogP contribution in [0.15, 0.2) is 29.3 Å². The van der Waals surface area contributed by atoms with E-state index in [4.69, 9.17) is 0 Å². The van der Waals surface area contributed by atoms with E-state index in [-0.39, 0.29) is 0 Å². The molecule has 0 bridgehead atoms. The minimum Gasteiger partial charge on any atom is -0.368 e. The van der Waals surface area contributed by atoms with Crippen molar-refractivity contribution in [2.75, 3.05) is 13.1 Å². The van der Waals surface area contributed by atoms with E-state index in [2.05, 4.69) is 53.0 Å². The lowest BCUT2D eigenvalue weighted by Crippen LogP contribution is -2.20. The second kappa shape index (κ2) is 3.91. The van der Waals surface area contributed by atoms with Crippen molar-refractivity contribution in [2.45, 2.75) is 20.4 Å². The molecule has 1 aromatic heterocycles. The number of rotatable bonds is 2. The maximum absolute atomic E-state index is 4.56. The van der Waals surface area contributed by atoms with Gasteiger partial charge < -0.3 is 9.88 Å². The Balaban J connectivity index is 2.33. The zero-order chi connectivity index (χ0) is 11.8. The highest BCUT2D eigenvalue weighted by Gasteiger charge is 2.18. The van der Waals surface area contributed by atoms with E-state index in [0.29, 0.717) is 0 Å². The Morgan fingerprint density at radius 3 is 2.88 bits per heavy atom. The van der Waals surface area contributed by atoms with Gasteiger partial charge in [0, 0.05) is 35.2 Å². The number of para-hydroxylation sites is 1. The second-order valence-corrected chi connectivity index (χ2v) is 4.38. The van der Waals surface area contributed by atoms with Gasteiger partial charge in [-0.2, -0.15) is 0 Å². The molecular weight excluding hydrogens is 210 g/mol. The molecule has 0 fully saturated rings. The van der Waals surface area contributed by atoms with Crippen molar-refractivity contribution in [1.29, 1.82) is 0 Å². The number of nitrogens with zero attached hydrogens (tertiary/aromatic N) is 2. The fourth-order valence-electron chi connectivity index (χ4n) is 2.70. The summed E-state index contributed by atoms with van der Waals surface area (Å²) in [7, 11) is 0. The molecule has 1 aliphatic rings. The van der Waals surface area contributed by atoms with Crippen LogP contribution >= 0.6 is 0 Å². The van der Waals surface area contributed by atoms with Crippen LogP contribution in [0.2, 0.25) is 0 Å². The topological polar surface area (TPSA) is 29.3 Å². The number of aromatic nitrogens is 1. The van der Waals surface area contributed by atoms with E-state index in [1.807, 2.05) is 0 Å². The summed E-state index contributed by atoms with van der Waals surface area (Å²) in [6, 6.07) is 8.57. The molecule has 2 aromatic rings. The molecule has 3 heteroatoms. The van der Waals surface area contributed by atoms with Crippen LogP contribution in [0.4, 0.5) is 0 Å². The average Bonchev–Trinajstić information content (AvgIpc) is 2.93. The first kappa shape index (κ1) is 10.4. The summed E-state index contributed by atoms with van der Waals surface area (Å²) in [5, 5.41) is 4.69. The van der Waals surface area contributed by atoms with Gasteiger partial charge in [0.1, 0.15) is 5.84 Å². The van der Waals surface area contributed by atoms with Crippen LogP contribution in [0.25, 0.3) is 10.9 Å². The van der Waals surface area contributed by atoms with Crippen molar-refractivity contribution in [1.82, 2.24) is 9.88 Å². The highest BCUT2D eigenvalue weighted by molar-refractivity contribution is 6.11. The molecule has 1 aromatic carbocycles. The Bertz CT molecular complexity index is 593. The maximum Gasteiger partial charge on any atom is 0.130 e. The Hall–Kier alpha value is -1.77. The van der Waals surface area contributed by atoms with Crippen LogP contribution in [0.3, 0.4) is 0 Å². The summed E-state index contributed by atoms with van der Waals surface area (Å²) < 4.78 is 2.35. The first-order chi connectivity index (χ1) is 8.33. The molecule has 3 rings (SSSR count). The number of aliphatic imine (C=N–C) groups is 1. The van der Waals surface area contributed by atoms with Gasteiger partial charge in [0.05, 0.1) is 6.54 Å². The molecule has 0 aliphatic carbocycles. The third kappa shape index (κ3) is 1.46. The van der Waals surface area contributed by atoms with E-state index in [0.717, 1.165) is 25.5 Å². The Labute approximate surface area is 101 Å². The predicted molar refractivity (Wildman–Crippen MR) is 71.8 cm³/mol. The number of amidine groups is 1. The fraction of sp³-hybridized carbons (Fsp3) is 0.357. The van der Waals surface area contributed by atoms with Crippen LogP contribution in [-0.4, -0.2) is 23.5 Å². The van der Waals surface area contributed by atoms with Crippen LogP contribution in [0.1, 0.15) is 18.2 Å². The molecule has 0 spiro atoms. The van der Waals surface area contributed by atoms with Gasteiger partial charge in [-0.25, -0.2) is 0 Å². The third-order valence-electron chi connectivity index (χ3n) is 3.46. The number of fused-ring (bicyclic) bond motifs is 1. The fourth-order valence-corrected chi connectivity index (χ4v) is 2.70. The normalized spacial score (nSPS) is 15.1. The number of hydrogen-bond acceptors (Lipinski definition) is 2. The van der Waals surface area contributed by atoms with Crippen LogP contribution in [0, 0.1) is 6.92 Å². The molecule has 0 saturated heterocycles. The summed E-state index contributed by atoms with van der Waals surface area (Å²) in [6.07, 6.45) is 0. The summed E-state index contributed by atoms with van der Waals surface area (Å²) in [6.45, 7) is 7.22. The lowest BCUT2D eigenvalue weighted by atomic mass is 10.1. The predicted octanol–water partition coefficient (Wildman–Crippen LogP) is 2.32. The first-order valence-electron chi connectivity index (χ1n) is 6.19. The Kier molecular flexibility index (Phi) is 2.39. The third-order valence-corrected chi connectivity index (χ3v) is 3.46. The van der Waals surface area contributed by atoms with Crippen molar-refractivity contribution in [3.05, 3.63) is 35.5 Å². The van der Waals surface area contributed by atoms with E-state index < -0.39 is 0 Å². The maximum atomic E-state index is 4.56. The molecular formula is C14H17N3. The number of aryl methyl sites for hydroxylation is 1. The van der Waals surface area contributed by atoms with Gasteiger partial charge in [-0.15, -0.1) is 0 Å². The van der Waals surface area contributed by atoms with Gasteiger partial charge in [-0.1, -0.05) is 18.2 Å². The van der Waals surface area contributed by atoms with E-state index in [9.17, 15) is 0 Å². The zero-order valence-electron chi connectivity index (χ0n) is 10.3. The average molecular weight is 227 g/mol. The van der Waals surface area contributed by atoms with Crippen molar-refractivity contribution >= 4 is 16.7 Å². The lowest BCUT2D eigenvalue weighted by Gasteiger charge is -2.05. The molecule has 0 atom stereocenters. The van der Waals surface area contributed by atoms with Crippen LogP contribution in [-0.2, 0) is 6.54 Å². The minimum absolute atomic E-state index is 0.889. The molecule has 17 heavy (non-hydrogen) atoms. The summed E-state index contributed by atoms with van der Waals surface area (Å²) in [5.41, 5.74) is 3.89. The van der Waals surface area contributed by atoms with Crippen molar-refractivity contribution in [3.8, 4) is 0 Å². The van der Waals surface area contributed by atoms with E-state index in [1.165, 1.54) is 22.2 Å². The molecule has 3 nitrogen and oxygen atoms in total. The van der Waals surface area contributed by atoms with Crippen molar-refractivity contribution in [3.63, 3.8) is 0 Å². The minimum atomic E-state index is 0.889. The SMILES string of the molecule is CCn1c(C)c(C2=NCCN2)c2ccccc21. The quantitative estimate of drug-likeness (QED) is 0.838. The molecule has 1 aliphatic heterocycles. The highest BCUT2D eigenvalue weighted by Crippen LogP contribution is 2.26. The standard InChI is InChI=1S/C14H17N3/c1-3-17-10(2)13(14-15-8-9-16-14)11-6-4-5-7-12(11)17/h4-7H,3,8-9H2,1-2H3,(H,15,16). The van der Waals surface area contributed by atoms with Crippen molar-refractivity contribution in [2.24, 2.45) is 4.99 Å². The Morgan fingerprint density at radius 2 is 2.18 bits per heavy atom. The summed E-state index contributed by atoms with van der Waals surface area (Å²) >= 11 is 0. The highest BCUT2D eigenvalue weighted by atomic mass is 15.1. The van der Waals surface area contributed by atoms with Gasteiger partial charge >= 0.3 is 0 Å². The molecule has 1 N–H and O–H groups in total. The van der Waals surface area contributed by atoms with E-state index >= 15 is 0 Å². The lowest BCUT2D eigenvalue weighted by molar-refractivity contribution is 0.768. The van der Waals surface area contributed by atoms with E-state index in [1.54, 1.807) is 0 Å². The van der Waals surface area contributed by atoms with Crippen molar-refractivity contribution < 1.29 is 0 Å². The monoisotopic (exact) mass is 227 g/mol. The van der Waals surface area contributed by atoms with Gasteiger partial charge in [0.2, 0.25) is 0 Å². The molecule has 0 amide bonds. The van der Waals surface area contributed by atoms with Gasteiger partial charge in [0.25, 0.3) is 0 Å². The smallest absolute Gasteiger partial charge is 0.130 e. The molecule has 0 unspecified atom stereocenters. The zero-order valence-corrected chi connectivity index (χ0v) is 10.3. The molecule has 0 saturated carbocycles. The number of nitrogens with one attached hydrogen (secondary N) is 1. The number of benzene rings is 1. The van der Waals surface area contributed by atoms with Crippen LogP contribution < -0.4 is 5.32 Å². The molecule has 0 radical (unpaired) electrons. The molecule has 88 valence electrons. The van der Waals surface area contributed by atoms with Gasteiger partial charge in [-0.05, 0) is 19.9 Å². The van der Waals surface area contributed by atoms with Gasteiger partial charge in [-0.3, -0.25) is 4.99 Å². The first-order valence-corrected chi connectivity index (χ1v) is 6.19.